The number of anilines is 12. The third-order valence-corrected chi connectivity index (χ3v) is 19.5. The maximum absolute atomic E-state index is 4.69. The van der Waals surface area contributed by atoms with E-state index in [2.05, 4.69) is 333 Å². The van der Waals surface area contributed by atoms with Crippen LogP contribution in [0, 0.1) is 42.5 Å². The molecule has 122 heavy (non-hydrogen) atoms. The molecule has 16 rings (SSSR count). The Morgan fingerprint density at radius 3 is 0.746 bits per heavy atom. The molecule has 12 aromatic rings. The zero-order valence-corrected chi connectivity index (χ0v) is 70.9. The molecule has 0 amide bonds. The lowest BCUT2D eigenvalue weighted by atomic mass is 10.1. The fourth-order valence-electron chi connectivity index (χ4n) is 12.6. The zero-order valence-electron chi connectivity index (χ0n) is 70.9. The second kappa shape index (κ2) is 45.0. The predicted molar refractivity (Wildman–Crippen MR) is 530 cm³/mol. The van der Waals surface area contributed by atoms with Crippen LogP contribution in [0.1, 0.15) is 34.7 Å². The van der Waals surface area contributed by atoms with E-state index in [4.69, 9.17) is 4.99 Å². The van der Waals surface area contributed by atoms with E-state index in [-0.39, 0.29) is 20.9 Å². The van der Waals surface area contributed by atoms with Gasteiger partial charge in [0, 0.05) is 88.4 Å². The Morgan fingerprint density at radius 2 is 0.467 bits per heavy atom. The fraction of sp³-hybridized carbons (Fsp3) is 0.0926. The molecule has 0 radical (unpaired) electrons. The third-order valence-electron chi connectivity index (χ3n) is 19.5. The molecule has 0 aromatic heterocycles. The van der Waals surface area contributed by atoms with Gasteiger partial charge in [0.05, 0.1) is 68.7 Å². The molecule has 0 unspecified atom stereocenters. The van der Waals surface area contributed by atoms with Crippen molar-refractivity contribution in [2.75, 3.05) is 58.4 Å². The van der Waals surface area contributed by atoms with E-state index in [9.17, 15) is 0 Å². The van der Waals surface area contributed by atoms with Crippen LogP contribution < -0.4 is 53.0 Å². The second-order valence-electron chi connectivity index (χ2n) is 29.0. The van der Waals surface area contributed by atoms with Crippen LogP contribution in [0.2, 0.25) is 0 Å². The number of aryl methyl sites for hydroxylation is 4. The van der Waals surface area contributed by atoms with Crippen LogP contribution in [-0.4, -0.2) is 67.5 Å². The predicted octanol–water partition coefficient (Wildman–Crippen LogP) is 26.0. The molecule has 4 aliphatic carbocycles. The summed E-state index contributed by atoms with van der Waals surface area (Å²) in [5, 5.41) is 29.5. The third kappa shape index (κ3) is 28.0. The molecule has 0 atom stereocenters. The van der Waals surface area contributed by atoms with E-state index in [1.165, 1.54) is 38.3 Å². The van der Waals surface area contributed by atoms with Crippen LogP contribution in [0.5, 0.6) is 0 Å². The maximum Gasteiger partial charge on any atom is 0.0638 e. The van der Waals surface area contributed by atoms with Gasteiger partial charge in [0.25, 0.3) is 0 Å². The number of rotatable bonds is 20. The van der Waals surface area contributed by atoms with Crippen LogP contribution >= 0.6 is 0 Å². The van der Waals surface area contributed by atoms with Gasteiger partial charge in [0.15, 0.2) is 0 Å². The summed E-state index contributed by atoms with van der Waals surface area (Å²) in [5.41, 5.74) is 29.1. The quantitative estimate of drug-likeness (QED) is 0.0212. The van der Waals surface area contributed by atoms with E-state index in [0.29, 0.717) is 6.04 Å². The van der Waals surface area contributed by atoms with Gasteiger partial charge >= 0.3 is 0 Å². The first-order chi connectivity index (χ1) is 58.7. The van der Waals surface area contributed by atoms with E-state index < -0.39 is 0 Å². The molecule has 0 saturated heterocycles. The summed E-state index contributed by atoms with van der Waals surface area (Å²) < 4.78 is 0. The lowest BCUT2D eigenvalue weighted by molar-refractivity contribution is 0.772. The average molecular weight is 1600 g/mol. The summed E-state index contributed by atoms with van der Waals surface area (Å²) in [5.74, 6) is 0. The Hall–Kier alpha value is -15.1. The van der Waals surface area contributed by atoms with Crippen LogP contribution in [0.15, 0.2) is 418 Å². The highest BCUT2D eigenvalue weighted by Crippen LogP contribution is 2.29. The molecule has 610 valence electrons. The Balaban J connectivity index is 0.000000158. The van der Waals surface area contributed by atoms with Gasteiger partial charge in [-0.3, -0.25) is 4.99 Å². The number of benzene rings is 12. The number of hydrogen-bond acceptors (Lipinski definition) is 14. The molecule has 8 N–H and O–H groups in total. The van der Waals surface area contributed by atoms with Gasteiger partial charge in [-0.2, -0.15) is 0 Å². The zero-order chi connectivity index (χ0) is 83.0. The normalized spacial score (nSPS) is 13.6. The van der Waals surface area contributed by atoms with Gasteiger partial charge in [0.1, 0.15) is 0 Å². The van der Waals surface area contributed by atoms with Crippen molar-refractivity contribution in [3.63, 3.8) is 0 Å². The average Bonchev–Trinajstić information content (AvgIpc) is 0.896. The van der Waals surface area contributed by atoms with Crippen LogP contribution in [-0.2, 0) is 0 Å². The lowest BCUT2D eigenvalue weighted by Gasteiger charge is -2.19. The topological polar surface area (TPSA) is 170 Å². The minimum Gasteiger partial charge on any atom is -0.388 e. The number of likely N-dealkylation sites (N-methyl/N-ethyl adjacent to an activating group) is 1. The highest BCUT2D eigenvalue weighted by atomic mass is 14.9. The van der Waals surface area contributed by atoms with Crippen molar-refractivity contribution >= 4 is 143 Å². The van der Waals surface area contributed by atoms with Crippen LogP contribution in [0.4, 0.5) is 96.7 Å². The van der Waals surface area contributed by atoms with Crippen LogP contribution in [0.3, 0.4) is 0 Å². The van der Waals surface area contributed by atoms with Gasteiger partial charge < -0.3 is 57.4 Å². The molecular weight excluding hydrogens is 1490 g/mol. The van der Waals surface area contributed by atoms with Gasteiger partial charge in [0.2, 0.25) is 0 Å². The molecule has 14 heteroatoms. The summed E-state index contributed by atoms with van der Waals surface area (Å²) >= 11 is 0. The maximum atomic E-state index is 4.69. The number of nitrogens with one attached hydrogen (secondary N) is 8. The number of nitrogens with zero attached hydrogens (tertiary/aromatic N) is 6. The molecule has 0 saturated carbocycles. The van der Waals surface area contributed by atoms with Crippen molar-refractivity contribution in [2.24, 2.45) is 30.0 Å². The number of allylic oxidation sites excluding steroid dienone is 12. The summed E-state index contributed by atoms with van der Waals surface area (Å²) in [4.78, 5) is 27.4. The minimum absolute atomic E-state index is 0. The SMILES string of the molecule is CC=c1ccc(=Cc2ccc(Nc3ccc(Nc4ccc(C)cc4)cc3)cc2)cc1.CN=C1C=CC(=Nc2ccc(N=C3C=CC(=Nc4ccc(C)cc4)C=C3)cc2)C=C1.CNC1C=CC(Nc2ccc(Nc3ccc(Nc4ccc(C)cc4)cc3)cc2)C=C1.CNc1ccc(Nc2ccc(N=C3C=CC(=Nc4ccc(C)cc4)C=C3)cc2)cc1.[CH3-].[CH3-]. The Morgan fingerprint density at radius 1 is 0.246 bits per heavy atom. The molecule has 0 aliphatic heterocycles. The molecular formula is C108H106N14-2. The van der Waals surface area contributed by atoms with Gasteiger partial charge in [-0.05, 0) is 343 Å². The highest BCUT2D eigenvalue weighted by Gasteiger charge is 2.10. The highest BCUT2D eigenvalue weighted by molar-refractivity contribution is 6.21. The minimum atomic E-state index is 0. The van der Waals surface area contributed by atoms with Crippen LogP contribution in [0.25, 0.3) is 12.2 Å². The molecule has 4 aliphatic rings. The van der Waals surface area contributed by atoms with Gasteiger partial charge in [-0.25, -0.2) is 25.0 Å². The first kappa shape index (κ1) is 87.7. The van der Waals surface area contributed by atoms with E-state index >= 15 is 0 Å². The van der Waals surface area contributed by atoms with Gasteiger partial charge in [-0.1, -0.05) is 138 Å². The van der Waals surface area contributed by atoms with Crippen molar-refractivity contribution in [3.05, 3.63) is 442 Å². The summed E-state index contributed by atoms with van der Waals surface area (Å²) in [6.45, 7) is 10.4. The summed E-state index contributed by atoms with van der Waals surface area (Å²) in [6.07, 6.45) is 36.7. The first-order valence-corrected chi connectivity index (χ1v) is 40.2. The monoisotopic (exact) mass is 1600 g/mol. The number of hydrogen-bond donors (Lipinski definition) is 8. The Bertz CT molecular complexity index is 5910. The van der Waals surface area contributed by atoms with Crippen molar-refractivity contribution < 1.29 is 0 Å². The first-order valence-electron chi connectivity index (χ1n) is 40.2. The van der Waals surface area contributed by atoms with Crippen molar-refractivity contribution in [2.45, 2.75) is 46.7 Å². The van der Waals surface area contributed by atoms with E-state index in [0.717, 1.165) is 131 Å². The molecule has 0 fully saturated rings. The smallest absolute Gasteiger partial charge is 0.0638 e. The fourth-order valence-corrected chi connectivity index (χ4v) is 12.6. The van der Waals surface area contributed by atoms with Crippen molar-refractivity contribution in [3.8, 4) is 0 Å². The van der Waals surface area contributed by atoms with Crippen molar-refractivity contribution in [1.82, 2.24) is 5.32 Å². The molecule has 0 heterocycles. The molecule has 12 aromatic carbocycles. The molecule has 0 bridgehead atoms. The van der Waals surface area contributed by atoms with Gasteiger partial charge in [-0.15, -0.1) is 0 Å². The van der Waals surface area contributed by atoms with E-state index in [1.807, 2.05) is 184 Å². The summed E-state index contributed by atoms with van der Waals surface area (Å²) in [6, 6.07) is 100.0. The molecule has 0 spiro atoms. The summed E-state index contributed by atoms with van der Waals surface area (Å²) in [7, 11) is 5.66. The van der Waals surface area contributed by atoms with Crippen molar-refractivity contribution in [1.29, 1.82) is 0 Å². The Kier molecular flexibility index (Phi) is 32.4. The second-order valence-corrected chi connectivity index (χ2v) is 29.0. The standard InChI is InChI=1S/C28H26N2.C26H28N4.C26H24N4.C26H22N4.2CH3/c1-3-22-6-8-23(9-7-22)20-24-10-14-26(15-11-24)30-28-18-16-27(17-19-28)29-25-12-4-21(2)5-13-25;3*1-19-3-5-21(6-4-19)28-23-11-13-25(14-12-23)30-26-17-15-24(16-18-26)29-22-9-7-20(27-2)8-10-22;;/h3-20,29-30H,1-2H3;3-18,20,22,27-30H,1-2H3;3-18,27,29H,1-2H3;3-18H,1-2H3;2*1H3/q;;;;2*-1. The molecule has 14 nitrogen and oxygen atoms in total. The lowest BCUT2D eigenvalue weighted by Crippen LogP contribution is -2.26. The largest absolute Gasteiger partial charge is 0.388 e. The Labute approximate surface area is 720 Å². The number of aliphatic imine (C=N–C) groups is 6. The van der Waals surface area contributed by atoms with E-state index in [1.54, 1.807) is 7.05 Å².